The molecular formula is C15H32N2O3. The van der Waals surface area contributed by atoms with E-state index in [4.69, 9.17) is 9.47 Å². The number of nitrogens with one attached hydrogen (secondary N) is 1. The molecular weight excluding hydrogens is 256 g/mol. The zero-order valence-electron chi connectivity index (χ0n) is 13.3. The Hall–Kier alpha value is -0.200. The van der Waals surface area contributed by atoms with E-state index in [0.717, 1.165) is 39.0 Å². The number of aliphatic hydroxyl groups excluding tert-OH is 1. The minimum atomic E-state index is -0.431. The molecule has 2 N–H and O–H groups in total. The molecule has 0 amide bonds. The molecule has 1 heterocycles. The molecule has 0 spiro atoms. The lowest BCUT2D eigenvalue weighted by Crippen LogP contribution is -2.34. The van der Waals surface area contributed by atoms with E-state index in [1.807, 2.05) is 0 Å². The largest absolute Gasteiger partial charge is 0.389 e. The van der Waals surface area contributed by atoms with Crippen LogP contribution in [0.15, 0.2) is 0 Å². The van der Waals surface area contributed by atoms with Gasteiger partial charge in [-0.25, -0.2) is 0 Å². The van der Waals surface area contributed by atoms with Crippen LogP contribution in [-0.4, -0.2) is 74.8 Å². The lowest BCUT2D eigenvalue weighted by molar-refractivity contribution is -0.0164. The number of hydrogen-bond acceptors (Lipinski definition) is 5. The van der Waals surface area contributed by atoms with Gasteiger partial charge in [-0.15, -0.1) is 0 Å². The van der Waals surface area contributed by atoms with Crippen molar-refractivity contribution in [3.63, 3.8) is 0 Å². The van der Waals surface area contributed by atoms with Crippen molar-refractivity contribution in [1.82, 2.24) is 10.2 Å². The van der Waals surface area contributed by atoms with Gasteiger partial charge in [0.25, 0.3) is 0 Å². The molecule has 5 nitrogen and oxygen atoms in total. The van der Waals surface area contributed by atoms with Crippen molar-refractivity contribution in [2.75, 3.05) is 46.5 Å². The predicted octanol–water partition coefficient (Wildman–Crippen LogP) is 0.863. The maximum Gasteiger partial charge on any atom is 0.0897 e. The molecule has 120 valence electrons. The Balaban J connectivity index is 1.88. The third-order valence-corrected chi connectivity index (χ3v) is 3.76. The van der Waals surface area contributed by atoms with Crippen LogP contribution in [0.1, 0.15) is 33.1 Å². The summed E-state index contributed by atoms with van der Waals surface area (Å²) in [6, 6.07) is 0.590. The van der Waals surface area contributed by atoms with Gasteiger partial charge in [0.2, 0.25) is 0 Å². The standard InChI is InChI=1S/C15H32N2O3/c1-13(2)17(3)8-5-7-16-10-14(18)11-19-12-15-6-4-9-20-15/h13-16,18H,4-12H2,1-3H3. The van der Waals surface area contributed by atoms with Crippen LogP contribution in [0.2, 0.25) is 0 Å². The Morgan fingerprint density at radius 3 is 2.90 bits per heavy atom. The molecule has 0 saturated carbocycles. The molecule has 2 atom stereocenters. The van der Waals surface area contributed by atoms with E-state index in [9.17, 15) is 5.11 Å². The lowest BCUT2D eigenvalue weighted by atomic mass is 10.2. The van der Waals surface area contributed by atoms with Crippen LogP contribution in [0.5, 0.6) is 0 Å². The average molecular weight is 288 g/mol. The predicted molar refractivity (Wildman–Crippen MR) is 81.1 cm³/mol. The van der Waals surface area contributed by atoms with Gasteiger partial charge in [0, 0.05) is 19.2 Å². The quantitative estimate of drug-likeness (QED) is 0.552. The van der Waals surface area contributed by atoms with E-state index in [1.165, 1.54) is 0 Å². The summed E-state index contributed by atoms with van der Waals surface area (Å²) < 4.78 is 10.9. The number of aliphatic hydroxyl groups is 1. The number of rotatable bonds is 11. The van der Waals surface area contributed by atoms with Crippen molar-refractivity contribution in [2.24, 2.45) is 0 Å². The fourth-order valence-corrected chi connectivity index (χ4v) is 2.15. The van der Waals surface area contributed by atoms with Gasteiger partial charge in [0.05, 0.1) is 25.4 Å². The molecule has 1 aliphatic heterocycles. The Kier molecular flexibility index (Phi) is 9.39. The zero-order valence-corrected chi connectivity index (χ0v) is 13.3. The highest BCUT2D eigenvalue weighted by Crippen LogP contribution is 2.11. The Morgan fingerprint density at radius 1 is 1.45 bits per heavy atom. The molecule has 0 radical (unpaired) electrons. The van der Waals surface area contributed by atoms with E-state index < -0.39 is 6.10 Å². The smallest absolute Gasteiger partial charge is 0.0897 e. The van der Waals surface area contributed by atoms with Crippen molar-refractivity contribution in [3.8, 4) is 0 Å². The number of ether oxygens (including phenoxy) is 2. The van der Waals surface area contributed by atoms with Crippen molar-refractivity contribution >= 4 is 0 Å². The fraction of sp³-hybridized carbons (Fsp3) is 1.00. The summed E-state index contributed by atoms with van der Waals surface area (Å²) in [5.41, 5.74) is 0. The van der Waals surface area contributed by atoms with Crippen LogP contribution in [-0.2, 0) is 9.47 Å². The molecule has 0 aromatic heterocycles. The van der Waals surface area contributed by atoms with Crippen molar-refractivity contribution < 1.29 is 14.6 Å². The monoisotopic (exact) mass is 288 g/mol. The topological polar surface area (TPSA) is 54.0 Å². The first kappa shape index (κ1) is 17.9. The highest BCUT2D eigenvalue weighted by molar-refractivity contribution is 4.65. The van der Waals surface area contributed by atoms with Gasteiger partial charge in [-0.2, -0.15) is 0 Å². The molecule has 1 fully saturated rings. The minimum Gasteiger partial charge on any atom is -0.389 e. The van der Waals surface area contributed by atoms with Gasteiger partial charge in [-0.1, -0.05) is 0 Å². The van der Waals surface area contributed by atoms with Crippen molar-refractivity contribution in [1.29, 1.82) is 0 Å². The van der Waals surface area contributed by atoms with Gasteiger partial charge in [-0.3, -0.25) is 0 Å². The highest BCUT2D eigenvalue weighted by atomic mass is 16.5. The maximum atomic E-state index is 9.78. The SMILES string of the molecule is CC(C)N(C)CCCNCC(O)COCC1CCCO1. The van der Waals surface area contributed by atoms with Gasteiger partial charge >= 0.3 is 0 Å². The normalized spacial score (nSPS) is 21.0. The van der Waals surface area contributed by atoms with Crippen LogP contribution in [0, 0.1) is 0 Å². The molecule has 1 aliphatic rings. The number of hydrogen-bond donors (Lipinski definition) is 2. The van der Waals surface area contributed by atoms with Crippen LogP contribution < -0.4 is 5.32 Å². The Morgan fingerprint density at radius 2 is 2.25 bits per heavy atom. The van der Waals surface area contributed by atoms with Crippen LogP contribution in [0.3, 0.4) is 0 Å². The molecule has 0 bridgehead atoms. The van der Waals surface area contributed by atoms with E-state index in [1.54, 1.807) is 0 Å². The van der Waals surface area contributed by atoms with Crippen LogP contribution in [0.25, 0.3) is 0 Å². The van der Waals surface area contributed by atoms with Gasteiger partial charge < -0.3 is 24.8 Å². The van der Waals surface area contributed by atoms with Crippen LogP contribution >= 0.6 is 0 Å². The summed E-state index contributed by atoms with van der Waals surface area (Å²) in [7, 11) is 2.14. The van der Waals surface area contributed by atoms with E-state index >= 15 is 0 Å². The molecule has 5 heteroatoms. The molecule has 0 aromatic carbocycles. The first-order chi connectivity index (χ1) is 9.59. The molecule has 20 heavy (non-hydrogen) atoms. The van der Waals surface area contributed by atoms with E-state index in [-0.39, 0.29) is 6.10 Å². The molecule has 1 saturated heterocycles. The van der Waals surface area contributed by atoms with Gasteiger partial charge in [0.15, 0.2) is 0 Å². The van der Waals surface area contributed by atoms with Crippen molar-refractivity contribution in [3.05, 3.63) is 0 Å². The van der Waals surface area contributed by atoms with Crippen LogP contribution in [0.4, 0.5) is 0 Å². The Bertz CT molecular complexity index is 233. The molecule has 0 aliphatic carbocycles. The average Bonchev–Trinajstić information content (AvgIpc) is 2.91. The third-order valence-electron chi connectivity index (χ3n) is 3.76. The second kappa shape index (κ2) is 10.5. The second-order valence-corrected chi connectivity index (χ2v) is 5.96. The summed E-state index contributed by atoms with van der Waals surface area (Å²) in [6.07, 6.45) is 3.11. The van der Waals surface area contributed by atoms with Gasteiger partial charge in [0.1, 0.15) is 0 Å². The molecule has 2 unspecified atom stereocenters. The number of nitrogens with zero attached hydrogens (tertiary/aromatic N) is 1. The van der Waals surface area contributed by atoms with Crippen molar-refractivity contribution in [2.45, 2.75) is 51.4 Å². The third kappa shape index (κ3) is 8.17. The molecule has 0 aromatic rings. The van der Waals surface area contributed by atoms with E-state index in [2.05, 4.69) is 31.1 Å². The van der Waals surface area contributed by atoms with Gasteiger partial charge in [-0.05, 0) is 53.2 Å². The lowest BCUT2D eigenvalue weighted by Gasteiger charge is -2.21. The summed E-state index contributed by atoms with van der Waals surface area (Å²) in [6.45, 7) is 8.84. The fourth-order valence-electron chi connectivity index (χ4n) is 2.15. The summed E-state index contributed by atoms with van der Waals surface area (Å²) >= 11 is 0. The second-order valence-electron chi connectivity index (χ2n) is 5.96. The Labute approximate surface area is 123 Å². The molecule has 1 rings (SSSR count). The maximum absolute atomic E-state index is 9.78. The highest BCUT2D eigenvalue weighted by Gasteiger charge is 2.16. The summed E-state index contributed by atoms with van der Waals surface area (Å²) in [4.78, 5) is 2.32. The van der Waals surface area contributed by atoms with E-state index in [0.29, 0.717) is 25.8 Å². The summed E-state index contributed by atoms with van der Waals surface area (Å²) in [5, 5.41) is 13.1. The minimum absolute atomic E-state index is 0.238. The zero-order chi connectivity index (χ0) is 14.8. The first-order valence-corrected chi connectivity index (χ1v) is 7.88. The first-order valence-electron chi connectivity index (χ1n) is 7.88. The summed E-state index contributed by atoms with van der Waals surface area (Å²) in [5.74, 6) is 0.